The predicted molar refractivity (Wildman–Crippen MR) is 92.3 cm³/mol. The van der Waals surface area contributed by atoms with E-state index in [9.17, 15) is 0 Å². The summed E-state index contributed by atoms with van der Waals surface area (Å²) >= 11 is 3.62. The molecule has 3 heteroatoms. The van der Waals surface area contributed by atoms with Crippen molar-refractivity contribution in [2.45, 2.75) is 51.6 Å². The molecule has 3 rings (SSSR count). The van der Waals surface area contributed by atoms with Crippen molar-refractivity contribution < 1.29 is 0 Å². The van der Waals surface area contributed by atoms with E-state index < -0.39 is 0 Å². The Labute approximate surface area is 135 Å². The Morgan fingerprint density at radius 2 is 2.19 bits per heavy atom. The maximum Gasteiger partial charge on any atom is 0.0758 e. The Morgan fingerprint density at radius 3 is 3.05 bits per heavy atom. The van der Waals surface area contributed by atoms with Gasteiger partial charge in [0.15, 0.2) is 0 Å². The van der Waals surface area contributed by atoms with Gasteiger partial charge in [0.05, 0.1) is 5.52 Å². The summed E-state index contributed by atoms with van der Waals surface area (Å²) in [5.41, 5.74) is 2.41. The van der Waals surface area contributed by atoms with Crippen LogP contribution < -0.4 is 5.32 Å². The number of fused-ring (bicyclic) bond motifs is 1. The average molecular weight is 347 g/mol. The fourth-order valence-electron chi connectivity index (χ4n) is 3.44. The molecule has 0 bridgehead atoms. The third-order valence-electron chi connectivity index (χ3n) is 4.74. The van der Waals surface area contributed by atoms with Gasteiger partial charge in [-0.3, -0.25) is 4.98 Å². The summed E-state index contributed by atoms with van der Waals surface area (Å²) in [5.74, 6) is 0.913. The minimum atomic E-state index is 0.672. The molecule has 0 radical (unpaired) electrons. The molecular weight excluding hydrogens is 324 g/mol. The molecule has 1 aliphatic carbocycles. The Morgan fingerprint density at radius 1 is 1.29 bits per heavy atom. The summed E-state index contributed by atoms with van der Waals surface area (Å²) in [6.45, 7) is 3.24. The van der Waals surface area contributed by atoms with Gasteiger partial charge in [-0.05, 0) is 36.5 Å². The molecule has 2 unspecified atom stereocenters. The molecule has 1 heterocycles. The van der Waals surface area contributed by atoms with Crippen molar-refractivity contribution in [1.29, 1.82) is 0 Å². The summed E-state index contributed by atoms with van der Waals surface area (Å²) in [7, 11) is 0. The standard InChI is InChI=1S/C18H23BrN2/c1-2-13-5-3-6-15(11-13)21-12-14-8-9-17(19)16-7-4-10-20-18(14)16/h4,7-10,13,15,21H,2-3,5-6,11-12H2,1H3. The molecule has 112 valence electrons. The summed E-state index contributed by atoms with van der Waals surface area (Å²) in [4.78, 5) is 4.57. The number of benzene rings is 1. The lowest BCUT2D eigenvalue weighted by Crippen LogP contribution is -2.33. The van der Waals surface area contributed by atoms with Crippen LogP contribution in [-0.2, 0) is 6.54 Å². The molecule has 2 aromatic rings. The molecule has 0 amide bonds. The number of nitrogens with one attached hydrogen (secondary N) is 1. The number of nitrogens with zero attached hydrogens (tertiary/aromatic N) is 1. The normalized spacial score (nSPS) is 22.6. The van der Waals surface area contributed by atoms with Crippen LogP contribution in [0.15, 0.2) is 34.9 Å². The molecule has 0 aliphatic heterocycles. The van der Waals surface area contributed by atoms with E-state index in [4.69, 9.17) is 0 Å². The van der Waals surface area contributed by atoms with Gasteiger partial charge in [-0.2, -0.15) is 0 Å². The second-order valence-electron chi connectivity index (χ2n) is 6.12. The van der Waals surface area contributed by atoms with Crippen molar-refractivity contribution in [1.82, 2.24) is 10.3 Å². The van der Waals surface area contributed by atoms with Crippen molar-refractivity contribution in [3.05, 3.63) is 40.5 Å². The number of halogens is 1. The zero-order valence-electron chi connectivity index (χ0n) is 12.6. The molecule has 1 N–H and O–H groups in total. The molecule has 1 aromatic heterocycles. The topological polar surface area (TPSA) is 24.9 Å². The highest BCUT2D eigenvalue weighted by atomic mass is 79.9. The Balaban J connectivity index is 1.72. The van der Waals surface area contributed by atoms with Crippen LogP contribution >= 0.6 is 15.9 Å². The SMILES string of the molecule is CCC1CCCC(NCc2ccc(Br)c3cccnc23)C1. The number of hydrogen-bond donors (Lipinski definition) is 1. The summed E-state index contributed by atoms with van der Waals surface area (Å²) in [6.07, 6.45) is 8.64. The number of hydrogen-bond acceptors (Lipinski definition) is 2. The molecule has 1 saturated carbocycles. The molecule has 1 fully saturated rings. The molecule has 1 aliphatic rings. The lowest BCUT2D eigenvalue weighted by atomic mass is 9.84. The first kappa shape index (κ1) is 15.0. The largest absolute Gasteiger partial charge is 0.310 e. The van der Waals surface area contributed by atoms with Crippen LogP contribution in [0.3, 0.4) is 0 Å². The lowest BCUT2D eigenvalue weighted by Gasteiger charge is -2.29. The lowest BCUT2D eigenvalue weighted by molar-refractivity contribution is 0.278. The maximum absolute atomic E-state index is 4.57. The van der Waals surface area contributed by atoms with Gasteiger partial charge < -0.3 is 5.32 Å². The van der Waals surface area contributed by atoms with Crippen LogP contribution in [-0.4, -0.2) is 11.0 Å². The second-order valence-corrected chi connectivity index (χ2v) is 6.98. The Bertz CT molecular complexity index is 611. The van der Waals surface area contributed by atoms with Crippen LogP contribution in [0, 0.1) is 5.92 Å². The van der Waals surface area contributed by atoms with Gasteiger partial charge in [0.1, 0.15) is 0 Å². The van der Waals surface area contributed by atoms with E-state index in [1.807, 2.05) is 12.3 Å². The van der Waals surface area contributed by atoms with Crippen LogP contribution in [0.5, 0.6) is 0 Å². The van der Waals surface area contributed by atoms with E-state index in [2.05, 4.69) is 51.4 Å². The number of rotatable bonds is 4. The van der Waals surface area contributed by atoms with Crippen molar-refractivity contribution in [2.75, 3.05) is 0 Å². The fourth-order valence-corrected chi connectivity index (χ4v) is 3.89. The van der Waals surface area contributed by atoms with Gasteiger partial charge in [0, 0.05) is 28.6 Å². The minimum absolute atomic E-state index is 0.672. The van der Waals surface area contributed by atoms with Crippen molar-refractivity contribution in [3.8, 4) is 0 Å². The van der Waals surface area contributed by atoms with Gasteiger partial charge in [-0.15, -0.1) is 0 Å². The maximum atomic E-state index is 4.57. The Kier molecular flexibility index (Phi) is 4.91. The van der Waals surface area contributed by atoms with Gasteiger partial charge in [0.2, 0.25) is 0 Å². The van der Waals surface area contributed by atoms with Gasteiger partial charge in [-0.1, -0.05) is 54.2 Å². The molecule has 2 atom stereocenters. The third-order valence-corrected chi connectivity index (χ3v) is 5.43. The molecule has 2 nitrogen and oxygen atoms in total. The number of pyridine rings is 1. The van der Waals surface area contributed by atoms with Crippen molar-refractivity contribution >= 4 is 26.8 Å². The highest BCUT2D eigenvalue weighted by Gasteiger charge is 2.20. The number of aromatic nitrogens is 1. The molecule has 0 spiro atoms. The van der Waals surface area contributed by atoms with E-state index in [-0.39, 0.29) is 0 Å². The second kappa shape index (κ2) is 6.89. The van der Waals surface area contributed by atoms with E-state index in [1.165, 1.54) is 43.1 Å². The van der Waals surface area contributed by atoms with Gasteiger partial charge in [0.25, 0.3) is 0 Å². The summed E-state index contributed by atoms with van der Waals surface area (Å²) in [5, 5.41) is 4.96. The Hall–Kier alpha value is -0.930. The van der Waals surface area contributed by atoms with Gasteiger partial charge >= 0.3 is 0 Å². The molecule has 0 saturated heterocycles. The van der Waals surface area contributed by atoms with Crippen molar-refractivity contribution in [3.63, 3.8) is 0 Å². The van der Waals surface area contributed by atoms with Crippen molar-refractivity contribution in [2.24, 2.45) is 5.92 Å². The minimum Gasteiger partial charge on any atom is -0.310 e. The third kappa shape index (κ3) is 3.46. The quantitative estimate of drug-likeness (QED) is 0.837. The molecular formula is C18H23BrN2. The molecule has 1 aromatic carbocycles. The van der Waals surface area contributed by atoms with E-state index >= 15 is 0 Å². The fraction of sp³-hybridized carbons (Fsp3) is 0.500. The van der Waals surface area contributed by atoms with Crippen LogP contribution in [0.1, 0.15) is 44.6 Å². The average Bonchev–Trinajstić information content (AvgIpc) is 2.55. The van der Waals surface area contributed by atoms with E-state index in [0.29, 0.717) is 6.04 Å². The summed E-state index contributed by atoms with van der Waals surface area (Å²) in [6, 6.07) is 9.12. The molecule has 21 heavy (non-hydrogen) atoms. The smallest absolute Gasteiger partial charge is 0.0758 e. The van der Waals surface area contributed by atoms with Crippen LogP contribution in [0.25, 0.3) is 10.9 Å². The monoisotopic (exact) mass is 346 g/mol. The highest BCUT2D eigenvalue weighted by molar-refractivity contribution is 9.10. The first-order valence-electron chi connectivity index (χ1n) is 8.03. The first-order valence-corrected chi connectivity index (χ1v) is 8.82. The van der Waals surface area contributed by atoms with Gasteiger partial charge in [-0.25, -0.2) is 0 Å². The van der Waals surface area contributed by atoms with E-state index in [1.54, 1.807) is 0 Å². The van der Waals surface area contributed by atoms with E-state index in [0.717, 1.165) is 22.5 Å². The predicted octanol–water partition coefficient (Wildman–Crippen LogP) is 5.06. The highest BCUT2D eigenvalue weighted by Crippen LogP contribution is 2.28. The van der Waals surface area contributed by atoms with Crippen LogP contribution in [0.2, 0.25) is 0 Å². The zero-order chi connectivity index (χ0) is 14.7. The summed E-state index contributed by atoms with van der Waals surface area (Å²) < 4.78 is 1.12. The zero-order valence-corrected chi connectivity index (χ0v) is 14.2. The van der Waals surface area contributed by atoms with Crippen LogP contribution in [0.4, 0.5) is 0 Å². The first-order chi connectivity index (χ1) is 10.3.